The summed E-state index contributed by atoms with van der Waals surface area (Å²) in [6.07, 6.45) is 1.58. The minimum absolute atomic E-state index is 0.0120. The van der Waals surface area contributed by atoms with Crippen molar-refractivity contribution < 1.29 is 5.11 Å². The van der Waals surface area contributed by atoms with Crippen LogP contribution in [-0.2, 0) is 6.54 Å². The summed E-state index contributed by atoms with van der Waals surface area (Å²) in [5.74, 6) is 0.0120. The van der Waals surface area contributed by atoms with Gasteiger partial charge in [-0.1, -0.05) is 6.92 Å². The molecule has 0 saturated carbocycles. The highest BCUT2D eigenvalue weighted by atomic mass is 16.3. The molecule has 0 spiro atoms. The molecule has 0 aliphatic rings. The van der Waals surface area contributed by atoms with Gasteiger partial charge >= 0.3 is 0 Å². The fourth-order valence-electron chi connectivity index (χ4n) is 1.50. The van der Waals surface area contributed by atoms with Gasteiger partial charge in [0.15, 0.2) is 11.4 Å². The third kappa shape index (κ3) is 1.90. The molecule has 0 amide bonds. The van der Waals surface area contributed by atoms with Gasteiger partial charge in [-0.2, -0.15) is 0 Å². The predicted octanol–water partition coefficient (Wildman–Crippen LogP) is 0.510. The van der Waals surface area contributed by atoms with Crippen LogP contribution in [0.3, 0.4) is 0 Å². The Balaban J connectivity index is 2.57. The Morgan fingerprint density at radius 3 is 3.12 bits per heavy atom. The number of nitrogens with zero attached hydrogens (tertiary/aromatic N) is 2. The van der Waals surface area contributed by atoms with Crippen LogP contribution in [-0.4, -0.2) is 21.0 Å². The summed E-state index contributed by atoms with van der Waals surface area (Å²) in [4.78, 5) is 15.9. The Labute approximate surface area is 92.4 Å². The van der Waals surface area contributed by atoms with E-state index < -0.39 is 0 Å². The zero-order valence-electron chi connectivity index (χ0n) is 8.97. The first kappa shape index (κ1) is 10.6. The van der Waals surface area contributed by atoms with E-state index in [0.717, 1.165) is 6.54 Å². The van der Waals surface area contributed by atoms with E-state index in [-0.39, 0.29) is 11.3 Å². The molecule has 2 heterocycles. The number of hydrogen-bond acceptors (Lipinski definition) is 4. The van der Waals surface area contributed by atoms with Crippen LogP contribution in [0.1, 0.15) is 12.6 Å². The average molecular weight is 219 g/mol. The summed E-state index contributed by atoms with van der Waals surface area (Å²) in [5, 5.41) is 12.7. The molecule has 0 radical (unpaired) electrons. The van der Waals surface area contributed by atoms with Crippen molar-refractivity contribution >= 4 is 5.65 Å². The van der Waals surface area contributed by atoms with Crippen molar-refractivity contribution in [2.45, 2.75) is 13.5 Å². The van der Waals surface area contributed by atoms with E-state index in [4.69, 9.17) is 0 Å². The Kier molecular flexibility index (Phi) is 2.87. The standard InChI is InChI=1S/C11H13N3O2/c1-2-12-7-8-6-10(16)14-5-3-4-9(15)11(14)13-8/h3-6,12,15H,2,7H2,1H3. The highest BCUT2D eigenvalue weighted by molar-refractivity contribution is 5.52. The van der Waals surface area contributed by atoms with Crippen molar-refractivity contribution in [2.24, 2.45) is 0 Å². The predicted molar refractivity (Wildman–Crippen MR) is 60.5 cm³/mol. The van der Waals surface area contributed by atoms with Gasteiger partial charge in [0.05, 0.1) is 5.69 Å². The van der Waals surface area contributed by atoms with Crippen LogP contribution in [0.25, 0.3) is 5.65 Å². The second-order valence-corrected chi connectivity index (χ2v) is 3.45. The zero-order valence-corrected chi connectivity index (χ0v) is 8.97. The maximum atomic E-state index is 11.7. The molecule has 0 aliphatic heterocycles. The lowest BCUT2D eigenvalue weighted by Crippen LogP contribution is -2.19. The summed E-state index contributed by atoms with van der Waals surface area (Å²) in [6.45, 7) is 3.31. The summed E-state index contributed by atoms with van der Waals surface area (Å²) in [6, 6.07) is 4.59. The van der Waals surface area contributed by atoms with Gasteiger partial charge in [-0.25, -0.2) is 4.98 Å². The van der Waals surface area contributed by atoms with Crippen LogP contribution in [0.2, 0.25) is 0 Å². The van der Waals surface area contributed by atoms with Crippen LogP contribution in [0.5, 0.6) is 5.75 Å². The van der Waals surface area contributed by atoms with Gasteiger partial charge in [0, 0.05) is 18.8 Å². The van der Waals surface area contributed by atoms with Gasteiger partial charge in [-0.05, 0) is 18.7 Å². The first-order valence-electron chi connectivity index (χ1n) is 5.13. The molecule has 0 bridgehead atoms. The topological polar surface area (TPSA) is 66.6 Å². The second kappa shape index (κ2) is 4.32. The molecule has 84 valence electrons. The van der Waals surface area contributed by atoms with Gasteiger partial charge in [-0.15, -0.1) is 0 Å². The van der Waals surface area contributed by atoms with E-state index in [2.05, 4.69) is 10.3 Å². The fourth-order valence-corrected chi connectivity index (χ4v) is 1.50. The largest absolute Gasteiger partial charge is 0.504 e. The van der Waals surface area contributed by atoms with Crippen molar-refractivity contribution in [3.8, 4) is 5.75 Å². The summed E-state index contributed by atoms with van der Waals surface area (Å²) in [7, 11) is 0. The lowest BCUT2D eigenvalue weighted by atomic mass is 10.3. The first-order chi connectivity index (χ1) is 7.72. The number of nitrogens with one attached hydrogen (secondary N) is 1. The van der Waals surface area contributed by atoms with Crippen molar-refractivity contribution in [3.63, 3.8) is 0 Å². The molecule has 5 heteroatoms. The number of pyridine rings is 1. The number of aromatic nitrogens is 2. The molecule has 0 unspecified atom stereocenters. The normalized spacial score (nSPS) is 10.8. The lowest BCUT2D eigenvalue weighted by molar-refractivity contribution is 0.476. The van der Waals surface area contributed by atoms with Crippen LogP contribution in [0.4, 0.5) is 0 Å². The molecular weight excluding hydrogens is 206 g/mol. The Hall–Kier alpha value is -1.88. The molecule has 5 nitrogen and oxygen atoms in total. The van der Waals surface area contributed by atoms with Crippen LogP contribution >= 0.6 is 0 Å². The highest BCUT2D eigenvalue weighted by Gasteiger charge is 2.04. The highest BCUT2D eigenvalue weighted by Crippen LogP contribution is 2.13. The van der Waals surface area contributed by atoms with Gasteiger partial charge < -0.3 is 10.4 Å². The summed E-state index contributed by atoms with van der Waals surface area (Å²) < 4.78 is 1.32. The molecule has 0 aliphatic carbocycles. The molecule has 0 saturated heterocycles. The molecular formula is C11H13N3O2. The Bertz CT molecular complexity index is 563. The first-order valence-corrected chi connectivity index (χ1v) is 5.13. The van der Waals surface area contributed by atoms with Crippen LogP contribution in [0, 0.1) is 0 Å². The van der Waals surface area contributed by atoms with Gasteiger partial charge in [0.25, 0.3) is 5.56 Å². The summed E-state index contributed by atoms with van der Waals surface area (Å²) in [5.41, 5.74) is 0.741. The third-order valence-electron chi connectivity index (χ3n) is 2.28. The van der Waals surface area contributed by atoms with Crippen molar-refractivity contribution in [1.29, 1.82) is 0 Å². The van der Waals surface area contributed by atoms with E-state index in [1.807, 2.05) is 6.92 Å². The van der Waals surface area contributed by atoms with E-state index in [1.54, 1.807) is 12.3 Å². The minimum Gasteiger partial charge on any atom is -0.504 e. The Morgan fingerprint density at radius 1 is 1.56 bits per heavy atom. The molecule has 2 aromatic heterocycles. The van der Waals surface area contributed by atoms with Crippen LogP contribution in [0.15, 0.2) is 29.2 Å². The number of rotatable bonds is 3. The second-order valence-electron chi connectivity index (χ2n) is 3.45. The summed E-state index contributed by atoms with van der Waals surface area (Å²) >= 11 is 0. The number of aromatic hydroxyl groups is 1. The monoisotopic (exact) mass is 219 g/mol. The maximum Gasteiger partial charge on any atom is 0.258 e. The molecule has 0 aromatic carbocycles. The SMILES string of the molecule is CCNCc1cc(=O)n2cccc(O)c2n1. The molecule has 2 N–H and O–H groups in total. The minimum atomic E-state index is -0.186. The zero-order chi connectivity index (χ0) is 11.5. The van der Waals surface area contributed by atoms with E-state index in [1.165, 1.54) is 16.5 Å². The lowest BCUT2D eigenvalue weighted by Gasteiger charge is -2.05. The molecule has 0 fully saturated rings. The van der Waals surface area contributed by atoms with Crippen molar-refractivity contribution in [3.05, 3.63) is 40.4 Å². The van der Waals surface area contributed by atoms with Gasteiger partial charge in [0.1, 0.15) is 0 Å². The van der Waals surface area contributed by atoms with Crippen molar-refractivity contribution in [2.75, 3.05) is 6.54 Å². The third-order valence-corrected chi connectivity index (χ3v) is 2.28. The van der Waals surface area contributed by atoms with Gasteiger partial charge in [-0.3, -0.25) is 9.20 Å². The average Bonchev–Trinajstić information content (AvgIpc) is 2.28. The molecule has 2 rings (SSSR count). The quantitative estimate of drug-likeness (QED) is 0.789. The number of hydrogen-bond donors (Lipinski definition) is 2. The van der Waals surface area contributed by atoms with E-state index >= 15 is 0 Å². The van der Waals surface area contributed by atoms with Crippen LogP contribution < -0.4 is 10.9 Å². The van der Waals surface area contributed by atoms with Crippen molar-refractivity contribution in [1.82, 2.24) is 14.7 Å². The van der Waals surface area contributed by atoms with E-state index in [9.17, 15) is 9.90 Å². The van der Waals surface area contributed by atoms with Gasteiger partial charge in [0.2, 0.25) is 0 Å². The molecule has 2 aromatic rings. The molecule has 16 heavy (non-hydrogen) atoms. The Morgan fingerprint density at radius 2 is 2.38 bits per heavy atom. The number of fused-ring (bicyclic) bond motifs is 1. The maximum absolute atomic E-state index is 11.7. The van der Waals surface area contributed by atoms with E-state index in [0.29, 0.717) is 17.9 Å². The molecule has 0 atom stereocenters. The smallest absolute Gasteiger partial charge is 0.258 e. The fraction of sp³-hybridized carbons (Fsp3) is 0.273.